The van der Waals surface area contributed by atoms with Crippen molar-refractivity contribution in [3.8, 4) is 0 Å². The summed E-state index contributed by atoms with van der Waals surface area (Å²) < 4.78 is 27.6. The number of pyridine rings is 2. The van der Waals surface area contributed by atoms with Crippen molar-refractivity contribution in [3.63, 3.8) is 0 Å². The molecule has 0 aliphatic rings. The van der Waals surface area contributed by atoms with Crippen molar-refractivity contribution in [1.29, 1.82) is 0 Å². The van der Waals surface area contributed by atoms with E-state index >= 15 is 0 Å². The van der Waals surface area contributed by atoms with E-state index in [-0.39, 0.29) is 10.9 Å². The molecule has 0 aromatic carbocycles. The zero-order valence-electron chi connectivity index (χ0n) is 11.9. The fourth-order valence-corrected chi connectivity index (χ4v) is 3.27. The highest BCUT2D eigenvalue weighted by molar-refractivity contribution is 7.89. The number of aromatic nitrogens is 2. The molecule has 0 spiro atoms. The van der Waals surface area contributed by atoms with E-state index in [0.29, 0.717) is 0 Å². The predicted octanol–water partition coefficient (Wildman–Crippen LogP) is 2.69. The molecule has 2 aromatic heterocycles. The smallest absolute Gasteiger partial charge is 0.242 e. The SMILES string of the molecule is CCCC[C@@H](NS(=O)(=O)c1cccnc1)c1cccnc1. The molecule has 0 radical (unpaired) electrons. The summed E-state index contributed by atoms with van der Waals surface area (Å²) in [7, 11) is -3.58. The molecule has 6 heteroatoms. The number of nitrogens with zero attached hydrogens (tertiary/aromatic N) is 2. The summed E-state index contributed by atoms with van der Waals surface area (Å²) in [5, 5.41) is 0. The zero-order chi connectivity index (χ0) is 15.1. The summed E-state index contributed by atoms with van der Waals surface area (Å²) in [6.07, 6.45) is 8.96. The first-order valence-corrected chi connectivity index (χ1v) is 8.44. The van der Waals surface area contributed by atoms with Gasteiger partial charge in [-0.1, -0.05) is 25.8 Å². The molecule has 0 fully saturated rings. The molecule has 2 heterocycles. The molecule has 2 rings (SSSR count). The van der Waals surface area contributed by atoms with Crippen LogP contribution in [-0.2, 0) is 10.0 Å². The van der Waals surface area contributed by atoms with Crippen LogP contribution in [0.4, 0.5) is 0 Å². The van der Waals surface area contributed by atoms with Crippen molar-refractivity contribution in [2.45, 2.75) is 37.1 Å². The average molecular weight is 305 g/mol. The maximum atomic E-state index is 12.4. The van der Waals surface area contributed by atoms with Crippen molar-refractivity contribution >= 4 is 10.0 Å². The highest BCUT2D eigenvalue weighted by atomic mass is 32.2. The molecule has 1 atom stereocenters. The third kappa shape index (κ3) is 4.34. The van der Waals surface area contributed by atoms with Gasteiger partial charge in [0, 0.05) is 30.8 Å². The van der Waals surface area contributed by atoms with Gasteiger partial charge in [0.25, 0.3) is 0 Å². The van der Waals surface area contributed by atoms with Gasteiger partial charge in [-0.3, -0.25) is 9.97 Å². The number of sulfonamides is 1. The molecule has 0 aliphatic carbocycles. The van der Waals surface area contributed by atoms with Gasteiger partial charge >= 0.3 is 0 Å². The normalized spacial score (nSPS) is 13.0. The molecule has 1 N–H and O–H groups in total. The zero-order valence-corrected chi connectivity index (χ0v) is 12.8. The second-order valence-corrected chi connectivity index (χ2v) is 6.51. The fraction of sp³-hybridized carbons (Fsp3) is 0.333. The minimum atomic E-state index is -3.58. The summed E-state index contributed by atoms with van der Waals surface area (Å²) in [5.74, 6) is 0. The van der Waals surface area contributed by atoms with E-state index in [1.165, 1.54) is 12.3 Å². The molecular formula is C15H19N3O2S. The molecule has 0 saturated carbocycles. The lowest BCUT2D eigenvalue weighted by molar-refractivity contribution is 0.524. The monoisotopic (exact) mass is 305 g/mol. The quantitative estimate of drug-likeness (QED) is 0.853. The third-order valence-electron chi connectivity index (χ3n) is 3.18. The Bertz CT molecular complexity index is 645. The van der Waals surface area contributed by atoms with E-state index in [0.717, 1.165) is 24.8 Å². The van der Waals surface area contributed by atoms with Crippen LogP contribution in [0.25, 0.3) is 0 Å². The van der Waals surface area contributed by atoms with Crippen LogP contribution in [-0.4, -0.2) is 18.4 Å². The molecule has 0 saturated heterocycles. The lowest BCUT2D eigenvalue weighted by Gasteiger charge is -2.18. The van der Waals surface area contributed by atoms with Crippen LogP contribution < -0.4 is 4.72 Å². The highest BCUT2D eigenvalue weighted by Gasteiger charge is 2.21. The molecule has 112 valence electrons. The summed E-state index contributed by atoms with van der Waals surface area (Å²) in [6, 6.07) is 6.57. The summed E-state index contributed by atoms with van der Waals surface area (Å²) in [6.45, 7) is 2.08. The van der Waals surface area contributed by atoms with E-state index in [2.05, 4.69) is 21.6 Å². The Morgan fingerprint density at radius 2 is 1.86 bits per heavy atom. The molecule has 21 heavy (non-hydrogen) atoms. The van der Waals surface area contributed by atoms with Crippen molar-refractivity contribution in [2.75, 3.05) is 0 Å². The van der Waals surface area contributed by atoms with Crippen LogP contribution in [0.1, 0.15) is 37.8 Å². The lowest BCUT2D eigenvalue weighted by Crippen LogP contribution is -2.29. The standard InChI is InChI=1S/C15H19N3O2S/c1-2-3-8-15(13-6-4-9-16-11-13)18-21(19,20)14-7-5-10-17-12-14/h4-7,9-12,15,18H,2-3,8H2,1H3/t15-/m1/s1. The fourth-order valence-electron chi connectivity index (χ4n) is 2.05. The number of nitrogens with one attached hydrogen (secondary N) is 1. The number of hydrogen-bond acceptors (Lipinski definition) is 4. The third-order valence-corrected chi connectivity index (χ3v) is 4.63. The summed E-state index contributed by atoms with van der Waals surface area (Å²) >= 11 is 0. The van der Waals surface area contributed by atoms with Gasteiger partial charge in [-0.15, -0.1) is 0 Å². The van der Waals surface area contributed by atoms with Crippen molar-refractivity contribution < 1.29 is 8.42 Å². The number of rotatable bonds is 7. The van der Waals surface area contributed by atoms with E-state index in [4.69, 9.17) is 0 Å². The highest BCUT2D eigenvalue weighted by Crippen LogP contribution is 2.21. The first-order chi connectivity index (χ1) is 10.1. The van der Waals surface area contributed by atoms with Gasteiger partial charge in [-0.05, 0) is 30.2 Å². The topological polar surface area (TPSA) is 72.0 Å². The van der Waals surface area contributed by atoms with Crippen molar-refractivity contribution in [1.82, 2.24) is 14.7 Å². The second kappa shape index (κ2) is 7.28. The van der Waals surface area contributed by atoms with Crippen molar-refractivity contribution in [3.05, 3.63) is 54.6 Å². The van der Waals surface area contributed by atoms with Crippen LogP contribution in [0.5, 0.6) is 0 Å². The van der Waals surface area contributed by atoms with Gasteiger partial charge in [0.2, 0.25) is 10.0 Å². The van der Waals surface area contributed by atoms with Crippen LogP contribution in [0.3, 0.4) is 0 Å². The maximum absolute atomic E-state index is 12.4. The average Bonchev–Trinajstić information content (AvgIpc) is 2.53. The van der Waals surface area contributed by atoms with Crippen LogP contribution in [0.2, 0.25) is 0 Å². The Hall–Kier alpha value is -1.79. The largest absolute Gasteiger partial charge is 0.264 e. The molecule has 0 aliphatic heterocycles. The Labute approximate surface area is 125 Å². The molecular weight excluding hydrogens is 286 g/mol. The summed E-state index contributed by atoms with van der Waals surface area (Å²) in [5.41, 5.74) is 0.874. The van der Waals surface area contributed by atoms with E-state index < -0.39 is 10.0 Å². The summed E-state index contributed by atoms with van der Waals surface area (Å²) in [4.78, 5) is 8.11. The van der Waals surface area contributed by atoms with Crippen LogP contribution >= 0.6 is 0 Å². The van der Waals surface area contributed by atoms with Crippen LogP contribution in [0, 0.1) is 0 Å². The van der Waals surface area contributed by atoms with Gasteiger partial charge in [-0.25, -0.2) is 13.1 Å². The molecule has 0 amide bonds. The van der Waals surface area contributed by atoms with Gasteiger partial charge in [0.15, 0.2) is 0 Å². The second-order valence-electron chi connectivity index (χ2n) is 4.79. The van der Waals surface area contributed by atoms with Gasteiger partial charge in [0.05, 0.1) is 0 Å². The molecule has 5 nitrogen and oxygen atoms in total. The number of unbranched alkanes of at least 4 members (excludes halogenated alkanes) is 1. The minimum absolute atomic E-state index is 0.176. The van der Waals surface area contributed by atoms with Gasteiger partial charge < -0.3 is 0 Å². The van der Waals surface area contributed by atoms with E-state index in [1.807, 2.05) is 12.1 Å². The lowest BCUT2D eigenvalue weighted by atomic mass is 10.0. The van der Waals surface area contributed by atoms with Gasteiger partial charge in [0.1, 0.15) is 4.90 Å². The number of hydrogen-bond donors (Lipinski definition) is 1. The predicted molar refractivity (Wildman–Crippen MR) is 81.1 cm³/mol. The first-order valence-electron chi connectivity index (χ1n) is 6.96. The van der Waals surface area contributed by atoms with Crippen LogP contribution in [0.15, 0.2) is 53.9 Å². The van der Waals surface area contributed by atoms with E-state index in [9.17, 15) is 8.42 Å². The van der Waals surface area contributed by atoms with E-state index in [1.54, 1.807) is 24.7 Å². The van der Waals surface area contributed by atoms with Crippen molar-refractivity contribution in [2.24, 2.45) is 0 Å². The first kappa shape index (κ1) is 15.6. The molecule has 2 aromatic rings. The molecule has 0 bridgehead atoms. The maximum Gasteiger partial charge on any atom is 0.242 e. The minimum Gasteiger partial charge on any atom is -0.264 e. The Balaban J connectivity index is 2.23. The Morgan fingerprint density at radius 1 is 1.14 bits per heavy atom. The Morgan fingerprint density at radius 3 is 2.43 bits per heavy atom. The van der Waals surface area contributed by atoms with Gasteiger partial charge in [-0.2, -0.15) is 0 Å². The molecule has 0 unspecified atom stereocenters. The Kier molecular flexibility index (Phi) is 5.41.